The highest BCUT2D eigenvalue weighted by Crippen LogP contribution is 2.21. The summed E-state index contributed by atoms with van der Waals surface area (Å²) in [7, 11) is 3.29. The highest BCUT2D eigenvalue weighted by Gasteiger charge is 2.20. The number of methoxy groups -OCH3 is 2. The van der Waals surface area contributed by atoms with E-state index in [9.17, 15) is 14.4 Å². The van der Waals surface area contributed by atoms with Crippen molar-refractivity contribution in [1.29, 1.82) is 0 Å². The minimum Gasteiger partial charge on any atom is -0.497 e. The minimum atomic E-state index is -0.813. The van der Waals surface area contributed by atoms with Crippen molar-refractivity contribution in [1.82, 2.24) is 25.2 Å². The Labute approximate surface area is 315 Å². The molecule has 0 unspecified atom stereocenters. The third kappa shape index (κ3) is 11.1. The van der Waals surface area contributed by atoms with Crippen LogP contribution < -0.4 is 26.3 Å². The number of Topliss-reactive ketones (excluding diaryl/α,β-unsaturated/α-hetero) is 1. The number of nitrogens with two attached hydrogens (primary N) is 1. The lowest BCUT2D eigenvalue weighted by Gasteiger charge is -2.03. The van der Waals surface area contributed by atoms with Crippen molar-refractivity contribution in [2.75, 3.05) is 20.8 Å². The predicted molar refractivity (Wildman–Crippen MR) is 216 cm³/mol. The van der Waals surface area contributed by atoms with E-state index in [0.29, 0.717) is 24.2 Å². The van der Waals surface area contributed by atoms with Gasteiger partial charge in [-0.2, -0.15) is 5.10 Å². The molecule has 0 aliphatic heterocycles. The van der Waals surface area contributed by atoms with Gasteiger partial charge >= 0.3 is 5.97 Å². The number of hydrogen-bond donors (Lipinski definition) is 4. The van der Waals surface area contributed by atoms with Gasteiger partial charge in [0.15, 0.2) is 5.52 Å². The van der Waals surface area contributed by atoms with Gasteiger partial charge in [0.25, 0.3) is 11.3 Å². The molecule has 0 saturated carbocycles. The maximum Gasteiger partial charge on any atom is 0.379 e. The number of esters is 1. The zero-order chi connectivity index (χ0) is 39.5. The summed E-state index contributed by atoms with van der Waals surface area (Å²) in [6.45, 7) is 11.2. The Hall–Kier alpha value is -6.24. The first-order chi connectivity index (χ1) is 26.3. The molecule has 7 rings (SSSR count). The summed E-state index contributed by atoms with van der Waals surface area (Å²) in [6, 6.07) is 30.7. The SMILES string of the molecule is CC.CC.CCOC(=O)C(=O)c1c[nH]c2ccccc12.COc1ccc(CNN)cc1.COc1ccc(Cn2cc3c(n2)c(=O)[nH]c2ccccc23)cc1. The number of nitrogens with one attached hydrogen (secondary N) is 3. The fourth-order valence-corrected chi connectivity index (χ4v) is 5.22. The van der Waals surface area contributed by atoms with E-state index in [4.69, 9.17) is 15.3 Å². The molecule has 5 N–H and O–H groups in total. The Morgan fingerprint density at radius 3 is 1.89 bits per heavy atom. The van der Waals surface area contributed by atoms with Crippen LogP contribution >= 0.6 is 0 Å². The summed E-state index contributed by atoms with van der Waals surface area (Å²) in [5.74, 6) is 5.41. The van der Waals surface area contributed by atoms with Gasteiger partial charge in [-0.1, -0.05) is 88.4 Å². The fourth-order valence-electron chi connectivity index (χ4n) is 5.22. The molecule has 0 aliphatic carbocycles. The molecule has 0 atom stereocenters. The maximum absolute atomic E-state index is 12.2. The van der Waals surface area contributed by atoms with E-state index >= 15 is 0 Å². The lowest BCUT2D eigenvalue weighted by atomic mass is 10.1. The quantitative estimate of drug-likeness (QED) is 0.0385. The average molecular weight is 735 g/mol. The average Bonchev–Trinajstić information content (AvgIpc) is 3.86. The molecule has 12 heteroatoms. The first-order valence-electron chi connectivity index (χ1n) is 17.8. The smallest absolute Gasteiger partial charge is 0.379 e. The number of ether oxygens (including phenoxy) is 3. The van der Waals surface area contributed by atoms with Crippen LogP contribution in [0.25, 0.3) is 32.7 Å². The Bertz CT molecular complexity index is 2260. The van der Waals surface area contributed by atoms with Crippen LogP contribution in [0.3, 0.4) is 0 Å². The molecule has 0 aliphatic rings. The first-order valence-corrected chi connectivity index (χ1v) is 17.8. The summed E-state index contributed by atoms with van der Waals surface area (Å²) < 4.78 is 16.6. The predicted octanol–water partition coefficient (Wildman–Crippen LogP) is 7.56. The number of fused-ring (bicyclic) bond motifs is 4. The van der Waals surface area contributed by atoms with E-state index in [2.05, 4.69) is 25.2 Å². The van der Waals surface area contributed by atoms with Crippen molar-refractivity contribution in [3.8, 4) is 11.5 Å². The number of ketones is 1. The van der Waals surface area contributed by atoms with Crippen LogP contribution in [0.2, 0.25) is 0 Å². The molecule has 284 valence electrons. The number of benzene rings is 4. The van der Waals surface area contributed by atoms with Gasteiger partial charge < -0.3 is 24.2 Å². The number of nitrogens with zero attached hydrogens (tertiary/aromatic N) is 2. The molecule has 0 spiro atoms. The maximum atomic E-state index is 12.2. The Morgan fingerprint density at radius 1 is 0.759 bits per heavy atom. The Morgan fingerprint density at radius 2 is 1.31 bits per heavy atom. The number of pyridine rings is 1. The molecule has 3 heterocycles. The molecule has 7 aromatic rings. The highest BCUT2D eigenvalue weighted by molar-refractivity contribution is 6.43. The largest absolute Gasteiger partial charge is 0.497 e. The number of H-pyrrole nitrogens is 2. The molecule has 3 aromatic heterocycles. The molecule has 12 nitrogen and oxygen atoms in total. The van der Waals surface area contributed by atoms with Crippen molar-refractivity contribution >= 4 is 44.5 Å². The number of hydrazine groups is 1. The third-order valence-electron chi connectivity index (χ3n) is 7.71. The monoisotopic (exact) mass is 734 g/mol. The van der Waals surface area contributed by atoms with Crippen molar-refractivity contribution in [2.45, 2.75) is 47.7 Å². The lowest BCUT2D eigenvalue weighted by Crippen LogP contribution is -2.20. The van der Waals surface area contributed by atoms with Gasteiger partial charge in [0.1, 0.15) is 11.5 Å². The van der Waals surface area contributed by atoms with E-state index in [0.717, 1.165) is 49.8 Å². The Balaban J connectivity index is 0.000000221. The number of aromatic amines is 2. The second-order valence-electron chi connectivity index (χ2n) is 11.0. The number of rotatable bonds is 9. The van der Waals surface area contributed by atoms with Gasteiger partial charge in [0.05, 0.1) is 32.9 Å². The van der Waals surface area contributed by atoms with Gasteiger partial charge in [-0.25, -0.2) is 4.79 Å². The zero-order valence-electron chi connectivity index (χ0n) is 31.9. The molecule has 4 aromatic carbocycles. The second kappa shape index (κ2) is 22.0. The summed E-state index contributed by atoms with van der Waals surface area (Å²) in [5, 5.41) is 7.05. The normalized spacial score (nSPS) is 10.0. The fraction of sp³-hybridized carbons (Fsp3) is 0.238. The number of hydrogen-bond acceptors (Lipinski definition) is 9. The van der Waals surface area contributed by atoms with E-state index in [1.807, 2.05) is 125 Å². The van der Waals surface area contributed by atoms with E-state index < -0.39 is 11.8 Å². The molecule has 0 saturated heterocycles. The van der Waals surface area contributed by atoms with Crippen LogP contribution in [-0.4, -0.2) is 52.3 Å². The van der Waals surface area contributed by atoms with Gasteiger partial charge in [0, 0.05) is 46.1 Å². The molecular formula is C42H50N6O6. The van der Waals surface area contributed by atoms with Crippen LogP contribution in [0.1, 0.15) is 56.1 Å². The van der Waals surface area contributed by atoms with Gasteiger partial charge in [-0.05, 0) is 54.4 Å². The Kier molecular flexibility index (Phi) is 17.2. The van der Waals surface area contributed by atoms with Crippen LogP contribution in [0.5, 0.6) is 11.5 Å². The molecule has 0 amide bonds. The van der Waals surface area contributed by atoms with Crippen molar-refractivity contribution in [3.05, 3.63) is 136 Å². The second-order valence-corrected chi connectivity index (χ2v) is 11.0. The van der Waals surface area contributed by atoms with Crippen LogP contribution in [-0.2, 0) is 22.6 Å². The number of carbonyl (C=O) groups excluding carboxylic acids is 2. The standard InChI is InChI=1S/C18H15N3O2.C12H11NO3.C8H12N2O.2C2H6/c1-23-13-8-6-12(7-9-13)10-21-11-15-14-4-2-3-5-16(14)19-18(22)17(15)20-21;1-2-16-12(15)11(14)9-7-13-10-6-4-3-5-8(9)10;1-11-8-4-2-7(3-5-8)6-10-9;2*1-2/h2-9,11H,10H2,1H3,(H,19,22);3-7,13H,2H2,1H3;2-5,10H,6,9H2,1H3;2*1-2H3. The molecular weight excluding hydrogens is 684 g/mol. The third-order valence-corrected chi connectivity index (χ3v) is 7.71. The van der Waals surface area contributed by atoms with Gasteiger partial charge in [-0.3, -0.25) is 25.5 Å². The summed E-state index contributed by atoms with van der Waals surface area (Å²) >= 11 is 0. The van der Waals surface area contributed by atoms with E-state index in [-0.39, 0.29) is 12.2 Å². The van der Waals surface area contributed by atoms with Crippen molar-refractivity contribution < 1.29 is 23.8 Å². The summed E-state index contributed by atoms with van der Waals surface area (Å²) in [6.07, 6.45) is 3.46. The number of para-hydroxylation sites is 2. The van der Waals surface area contributed by atoms with E-state index in [1.54, 1.807) is 31.9 Å². The lowest BCUT2D eigenvalue weighted by molar-refractivity contribution is -0.137. The number of carbonyl (C=O) groups is 2. The summed E-state index contributed by atoms with van der Waals surface area (Å²) in [4.78, 5) is 41.0. The zero-order valence-corrected chi connectivity index (χ0v) is 31.9. The van der Waals surface area contributed by atoms with Crippen molar-refractivity contribution in [3.63, 3.8) is 0 Å². The summed E-state index contributed by atoms with van der Waals surface area (Å²) in [5.41, 5.74) is 7.15. The van der Waals surface area contributed by atoms with Crippen molar-refractivity contribution in [2.24, 2.45) is 5.84 Å². The molecule has 54 heavy (non-hydrogen) atoms. The topological polar surface area (TPSA) is 166 Å². The van der Waals surface area contributed by atoms with Gasteiger partial charge in [0.2, 0.25) is 0 Å². The van der Waals surface area contributed by atoms with E-state index in [1.165, 1.54) is 6.20 Å². The molecule has 0 bridgehead atoms. The van der Waals surface area contributed by atoms with Crippen LogP contribution in [0.4, 0.5) is 0 Å². The van der Waals surface area contributed by atoms with Crippen LogP contribution in [0.15, 0.2) is 114 Å². The van der Waals surface area contributed by atoms with Gasteiger partial charge in [-0.15, -0.1) is 0 Å². The molecule has 0 fully saturated rings. The first kappa shape index (κ1) is 42.2. The van der Waals surface area contributed by atoms with Crippen LogP contribution in [0, 0.1) is 0 Å². The highest BCUT2D eigenvalue weighted by atomic mass is 16.5. The minimum absolute atomic E-state index is 0.160. The number of aromatic nitrogens is 4. The molecule has 0 radical (unpaired) electrons.